The Balaban J connectivity index is 1.32. The van der Waals surface area contributed by atoms with Crippen LogP contribution in [0.3, 0.4) is 0 Å². The van der Waals surface area contributed by atoms with Gasteiger partial charge in [-0.25, -0.2) is 9.78 Å². The van der Waals surface area contributed by atoms with Crippen LogP contribution in [0.2, 0.25) is 0 Å². The van der Waals surface area contributed by atoms with Gasteiger partial charge in [0.05, 0.1) is 21.2 Å². The van der Waals surface area contributed by atoms with Crippen LogP contribution in [-0.2, 0) is 14.3 Å². The summed E-state index contributed by atoms with van der Waals surface area (Å²) in [6.45, 7) is 0.905. The van der Waals surface area contributed by atoms with Crippen LogP contribution >= 0.6 is 22.7 Å². The lowest BCUT2D eigenvalue weighted by Crippen LogP contribution is -2.34. The number of carbonyl (C=O) groups excluding carboxylic acids is 2. The van der Waals surface area contributed by atoms with Crippen LogP contribution in [0.15, 0.2) is 36.4 Å². The van der Waals surface area contributed by atoms with E-state index in [0.29, 0.717) is 11.4 Å². The summed E-state index contributed by atoms with van der Waals surface area (Å²) in [5, 5.41) is 3.60. The van der Waals surface area contributed by atoms with E-state index in [9.17, 15) is 9.59 Å². The number of benzene rings is 1. The number of rotatable bonds is 6. The second-order valence-electron chi connectivity index (χ2n) is 6.17. The van der Waals surface area contributed by atoms with Gasteiger partial charge in [-0.15, -0.1) is 22.7 Å². The molecule has 6 nitrogen and oxygen atoms in total. The fourth-order valence-corrected chi connectivity index (χ4v) is 4.75. The summed E-state index contributed by atoms with van der Waals surface area (Å²) in [6.07, 6.45) is 2.03. The van der Waals surface area contributed by atoms with Crippen molar-refractivity contribution < 1.29 is 19.1 Å². The smallest absolute Gasteiger partial charge is 0.348 e. The molecule has 1 aliphatic heterocycles. The number of ether oxygens (including phenoxy) is 2. The number of esters is 1. The Morgan fingerprint density at radius 2 is 2.11 bits per heavy atom. The Morgan fingerprint density at radius 1 is 1.22 bits per heavy atom. The first kappa shape index (κ1) is 18.1. The normalized spacial score (nSPS) is 16.5. The molecule has 8 heteroatoms. The van der Waals surface area contributed by atoms with E-state index in [1.807, 2.05) is 30.3 Å². The number of carbonyl (C=O) groups is 2. The molecule has 1 aliphatic rings. The average Bonchev–Trinajstić information content (AvgIpc) is 3.43. The van der Waals surface area contributed by atoms with Gasteiger partial charge < -0.3 is 14.8 Å². The maximum absolute atomic E-state index is 12.2. The Bertz CT molecular complexity index is 926. The molecule has 0 saturated carbocycles. The highest BCUT2D eigenvalue weighted by atomic mass is 32.1. The van der Waals surface area contributed by atoms with E-state index < -0.39 is 5.97 Å². The first-order valence-corrected chi connectivity index (χ1v) is 10.3. The van der Waals surface area contributed by atoms with Crippen molar-refractivity contribution in [3.63, 3.8) is 0 Å². The van der Waals surface area contributed by atoms with Gasteiger partial charge >= 0.3 is 5.97 Å². The molecule has 2 aromatic heterocycles. The van der Waals surface area contributed by atoms with Crippen molar-refractivity contribution in [2.24, 2.45) is 0 Å². The molecule has 1 atom stereocenters. The van der Waals surface area contributed by atoms with Gasteiger partial charge in [-0.05, 0) is 37.1 Å². The number of nitrogens with one attached hydrogen (secondary N) is 1. The highest BCUT2D eigenvalue weighted by Crippen LogP contribution is 2.34. The maximum atomic E-state index is 12.2. The Hall–Kier alpha value is -2.29. The molecule has 1 saturated heterocycles. The van der Waals surface area contributed by atoms with Crippen LogP contribution in [-0.4, -0.2) is 42.7 Å². The lowest BCUT2D eigenvalue weighted by molar-refractivity contribution is -0.124. The van der Waals surface area contributed by atoms with E-state index in [4.69, 9.17) is 9.47 Å². The Kier molecular flexibility index (Phi) is 5.47. The Morgan fingerprint density at radius 3 is 2.93 bits per heavy atom. The molecule has 3 heterocycles. The van der Waals surface area contributed by atoms with Gasteiger partial charge in [-0.2, -0.15) is 0 Å². The number of amides is 1. The second-order valence-corrected chi connectivity index (χ2v) is 8.28. The quantitative estimate of drug-likeness (QED) is 0.639. The molecule has 0 bridgehead atoms. The van der Waals surface area contributed by atoms with Crippen LogP contribution in [0.1, 0.15) is 22.5 Å². The zero-order valence-corrected chi connectivity index (χ0v) is 16.1. The molecule has 0 spiro atoms. The molecule has 1 fully saturated rings. The first-order valence-electron chi connectivity index (χ1n) is 8.70. The number of aromatic nitrogens is 1. The van der Waals surface area contributed by atoms with E-state index >= 15 is 0 Å². The predicted octanol–water partition coefficient (Wildman–Crippen LogP) is 3.48. The van der Waals surface area contributed by atoms with E-state index in [1.165, 1.54) is 11.3 Å². The number of hydrogen-bond acceptors (Lipinski definition) is 7. The van der Waals surface area contributed by atoms with Crippen molar-refractivity contribution in [3.8, 4) is 9.88 Å². The number of nitrogens with zero attached hydrogens (tertiary/aromatic N) is 1. The van der Waals surface area contributed by atoms with Crippen LogP contribution in [0, 0.1) is 0 Å². The standard InChI is InChI=1S/C19H18N2O4S2/c22-17(20-10-12-4-3-9-24-12)11-25-19(23)16-8-7-15(26-16)18-21-13-5-1-2-6-14(13)27-18/h1-2,5-8,12H,3-4,9-11H2,(H,20,22)/t12-/m0/s1. The average molecular weight is 402 g/mol. The third-order valence-electron chi connectivity index (χ3n) is 4.20. The summed E-state index contributed by atoms with van der Waals surface area (Å²) in [4.78, 5) is 30.0. The monoisotopic (exact) mass is 402 g/mol. The van der Waals surface area contributed by atoms with E-state index in [-0.39, 0.29) is 18.6 Å². The van der Waals surface area contributed by atoms with Gasteiger partial charge in [0.15, 0.2) is 6.61 Å². The summed E-state index contributed by atoms with van der Waals surface area (Å²) >= 11 is 2.90. The van der Waals surface area contributed by atoms with Crippen LogP contribution in [0.25, 0.3) is 20.1 Å². The fraction of sp³-hybridized carbons (Fsp3) is 0.316. The SMILES string of the molecule is O=C(COC(=O)c1ccc(-c2nc3ccccc3s2)s1)NC[C@@H]1CCCO1. The zero-order chi connectivity index (χ0) is 18.6. The molecule has 0 radical (unpaired) electrons. The minimum absolute atomic E-state index is 0.0679. The third-order valence-corrected chi connectivity index (χ3v) is 6.47. The summed E-state index contributed by atoms with van der Waals surface area (Å²) in [5.74, 6) is -0.818. The molecule has 1 N–H and O–H groups in total. The van der Waals surface area contributed by atoms with Crippen molar-refractivity contribution in [1.82, 2.24) is 10.3 Å². The number of para-hydroxylation sites is 1. The summed E-state index contributed by atoms with van der Waals surface area (Å²) in [7, 11) is 0. The largest absolute Gasteiger partial charge is 0.451 e. The van der Waals surface area contributed by atoms with Crippen LogP contribution in [0.5, 0.6) is 0 Å². The highest BCUT2D eigenvalue weighted by Gasteiger charge is 2.18. The van der Waals surface area contributed by atoms with Gasteiger partial charge in [0.25, 0.3) is 5.91 Å². The minimum atomic E-state index is -0.500. The van der Waals surface area contributed by atoms with Crippen LogP contribution in [0.4, 0.5) is 0 Å². The fourth-order valence-electron chi connectivity index (χ4n) is 2.83. The molecule has 3 aromatic rings. The first-order chi connectivity index (χ1) is 13.2. The molecule has 0 aliphatic carbocycles. The number of thiophene rings is 1. The molecular weight excluding hydrogens is 384 g/mol. The maximum Gasteiger partial charge on any atom is 0.348 e. The predicted molar refractivity (Wildman–Crippen MR) is 105 cm³/mol. The lowest BCUT2D eigenvalue weighted by atomic mass is 10.2. The van der Waals surface area contributed by atoms with Crippen molar-refractivity contribution in [2.75, 3.05) is 19.8 Å². The molecule has 27 heavy (non-hydrogen) atoms. The molecule has 1 amide bonds. The molecule has 1 aromatic carbocycles. The Labute approximate surface area is 164 Å². The summed E-state index contributed by atoms with van der Waals surface area (Å²) in [6, 6.07) is 11.5. The second kappa shape index (κ2) is 8.16. The van der Waals surface area contributed by atoms with Crippen molar-refractivity contribution >= 4 is 44.8 Å². The third kappa shape index (κ3) is 4.35. The van der Waals surface area contributed by atoms with E-state index in [1.54, 1.807) is 17.4 Å². The highest BCUT2D eigenvalue weighted by molar-refractivity contribution is 7.26. The van der Waals surface area contributed by atoms with Crippen molar-refractivity contribution in [2.45, 2.75) is 18.9 Å². The number of hydrogen-bond donors (Lipinski definition) is 1. The lowest BCUT2D eigenvalue weighted by Gasteiger charge is -2.10. The zero-order valence-electron chi connectivity index (χ0n) is 14.5. The summed E-state index contributed by atoms with van der Waals surface area (Å²) in [5.41, 5.74) is 0.943. The van der Waals surface area contributed by atoms with Gasteiger partial charge in [0.2, 0.25) is 0 Å². The van der Waals surface area contributed by atoms with Crippen LogP contribution < -0.4 is 5.32 Å². The number of fused-ring (bicyclic) bond motifs is 1. The van der Waals surface area contributed by atoms with Gasteiger partial charge in [-0.1, -0.05) is 12.1 Å². The van der Waals surface area contributed by atoms with Gasteiger partial charge in [-0.3, -0.25) is 4.79 Å². The van der Waals surface area contributed by atoms with E-state index in [0.717, 1.165) is 39.5 Å². The minimum Gasteiger partial charge on any atom is -0.451 e. The molecule has 0 unspecified atom stereocenters. The molecule has 4 rings (SSSR count). The van der Waals surface area contributed by atoms with Gasteiger partial charge in [0.1, 0.15) is 9.88 Å². The van der Waals surface area contributed by atoms with Gasteiger partial charge in [0, 0.05) is 13.2 Å². The number of thiazole rings is 1. The van der Waals surface area contributed by atoms with Crippen molar-refractivity contribution in [1.29, 1.82) is 0 Å². The molecule has 140 valence electrons. The van der Waals surface area contributed by atoms with E-state index in [2.05, 4.69) is 10.3 Å². The van der Waals surface area contributed by atoms with Crippen molar-refractivity contribution in [3.05, 3.63) is 41.3 Å². The summed E-state index contributed by atoms with van der Waals surface area (Å²) < 4.78 is 11.7. The topological polar surface area (TPSA) is 77.5 Å². The molecular formula is C19H18N2O4S2.